The van der Waals surface area contributed by atoms with Gasteiger partial charge in [0.15, 0.2) is 0 Å². The number of nitrogens with zero attached hydrogens (tertiary/aromatic N) is 1. The summed E-state index contributed by atoms with van der Waals surface area (Å²) in [6, 6.07) is 2.89. The van der Waals surface area contributed by atoms with Crippen LogP contribution in [-0.4, -0.2) is 24.5 Å². The van der Waals surface area contributed by atoms with Crippen molar-refractivity contribution in [1.82, 2.24) is 4.90 Å². The summed E-state index contributed by atoms with van der Waals surface area (Å²) in [6.07, 6.45) is 3.60. The Labute approximate surface area is 68.4 Å². The molecule has 0 aromatic carbocycles. The van der Waals surface area contributed by atoms with Crippen LogP contribution in [0.25, 0.3) is 0 Å². The molecule has 0 saturated heterocycles. The molecule has 0 atom stereocenters. The minimum absolute atomic E-state index is 0.394. The fourth-order valence-electron chi connectivity index (χ4n) is 0.635. The van der Waals surface area contributed by atoms with Gasteiger partial charge in [-0.05, 0) is 0 Å². The second-order valence-corrected chi connectivity index (χ2v) is 1.98. The fraction of sp³-hybridized carbons (Fsp3) is 0.333. The second kappa shape index (κ2) is 6.91. The molecular formula is C9H14N2. The van der Waals surface area contributed by atoms with E-state index in [1.165, 1.54) is 0 Å². The van der Waals surface area contributed by atoms with Crippen molar-refractivity contribution < 1.29 is 0 Å². The van der Waals surface area contributed by atoms with Gasteiger partial charge in [-0.15, -0.1) is 13.2 Å². The van der Waals surface area contributed by atoms with Crippen LogP contribution in [0, 0.1) is 12.0 Å². The van der Waals surface area contributed by atoms with Crippen LogP contribution in [0.2, 0.25) is 0 Å². The Bertz CT molecular complexity index is 164. The first-order valence-electron chi connectivity index (χ1n) is 3.50. The lowest BCUT2D eigenvalue weighted by molar-refractivity contribution is 0.490. The zero-order chi connectivity index (χ0) is 8.53. The van der Waals surface area contributed by atoms with Gasteiger partial charge in [-0.3, -0.25) is 0 Å². The fourth-order valence-corrected chi connectivity index (χ4v) is 0.635. The van der Waals surface area contributed by atoms with Crippen LogP contribution in [0.1, 0.15) is 0 Å². The second-order valence-electron chi connectivity index (χ2n) is 1.98. The van der Waals surface area contributed by atoms with Gasteiger partial charge in [0.05, 0.1) is 6.54 Å². The Kier molecular flexibility index (Phi) is 6.16. The Morgan fingerprint density at radius 2 is 1.82 bits per heavy atom. The summed E-state index contributed by atoms with van der Waals surface area (Å²) >= 11 is 0. The maximum Gasteiger partial charge on any atom is 0.0569 e. The average molecular weight is 150 g/mol. The van der Waals surface area contributed by atoms with Crippen molar-refractivity contribution >= 4 is 0 Å². The maximum absolute atomic E-state index is 5.22. The van der Waals surface area contributed by atoms with E-state index in [4.69, 9.17) is 5.73 Å². The van der Waals surface area contributed by atoms with E-state index in [9.17, 15) is 0 Å². The smallest absolute Gasteiger partial charge is 0.0569 e. The van der Waals surface area contributed by atoms with Gasteiger partial charge in [0.2, 0.25) is 0 Å². The molecule has 0 aliphatic carbocycles. The summed E-state index contributed by atoms with van der Waals surface area (Å²) in [5, 5.41) is 0. The third-order valence-electron chi connectivity index (χ3n) is 1.04. The molecule has 0 rings (SSSR count). The number of hydrogen-bond acceptors (Lipinski definition) is 2. The van der Waals surface area contributed by atoms with Crippen molar-refractivity contribution in [2.45, 2.75) is 0 Å². The quantitative estimate of drug-likeness (QED) is 0.361. The highest BCUT2D eigenvalue weighted by atomic mass is 15.1. The molecule has 0 spiro atoms. The van der Waals surface area contributed by atoms with Crippen molar-refractivity contribution in [1.29, 1.82) is 0 Å². The van der Waals surface area contributed by atoms with Gasteiger partial charge in [-0.1, -0.05) is 18.1 Å². The molecule has 0 saturated carbocycles. The molecule has 0 radical (unpaired) electrons. The summed E-state index contributed by atoms with van der Waals surface area (Å²) in [7, 11) is 0. The monoisotopic (exact) mass is 150 g/mol. The molecule has 0 bridgehead atoms. The lowest BCUT2D eigenvalue weighted by Crippen LogP contribution is -2.17. The summed E-state index contributed by atoms with van der Waals surface area (Å²) in [5.41, 5.74) is 5.22. The molecule has 0 aliphatic heterocycles. The summed E-state index contributed by atoms with van der Waals surface area (Å²) in [4.78, 5) is 1.90. The molecule has 0 unspecified atom stereocenters. The molecule has 11 heavy (non-hydrogen) atoms. The van der Waals surface area contributed by atoms with E-state index in [2.05, 4.69) is 25.1 Å². The van der Waals surface area contributed by atoms with E-state index in [-0.39, 0.29) is 0 Å². The Morgan fingerprint density at radius 1 is 1.27 bits per heavy atom. The Hall–Kier alpha value is -1.20. The first kappa shape index (κ1) is 9.80. The Morgan fingerprint density at radius 3 is 2.18 bits per heavy atom. The first-order valence-corrected chi connectivity index (χ1v) is 3.50. The molecular weight excluding hydrogens is 136 g/mol. The van der Waals surface area contributed by atoms with E-state index in [1.54, 1.807) is 12.2 Å². The van der Waals surface area contributed by atoms with Crippen molar-refractivity contribution in [2.24, 2.45) is 5.73 Å². The minimum atomic E-state index is 0.394. The molecule has 2 N–H and O–H groups in total. The molecule has 0 fully saturated rings. The first-order chi connectivity index (χ1) is 5.35. The van der Waals surface area contributed by atoms with Gasteiger partial charge < -0.3 is 10.6 Å². The van der Waals surface area contributed by atoms with Crippen molar-refractivity contribution in [3.63, 3.8) is 0 Å². The molecule has 2 heteroatoms. The lowest BCUT2D eigenvalue weighted by atomic mass is 10.5. The van der Waals surface area contributed by atoms with Crippen molar-refractivity contribution in [3.8, 4) is 12.0 Å². The van der Waals surface area contributed by atoms with Crippen LogP contribution in [0.15, 0.2) is 25.3 Å². The highest BCUT2D eigenvalue weighted by Crippen LogP contribution is 1.84. The zero-order valence-corrected chi connectivity index (χ0v) is 6.71. The third kappa shape index (κ3) is 5.25. The van der Waals surface area contributed by atoms with Gasteiger partial charge in [-0.2, -0.15) is 0 Å². The third-order valence-corrected chi connectivity index (χ3v) is 1.04. The van der Waals surface area contributed by atoms with Crippen LogP contribution in [-0.2, 0) is 0 Å². The highest BCUT2D eigenvalue weighted by Gasteiger charge is 1.89. The summed E-state index contributed by atoms with van der Waals surface area (Å²) in [5.74, 6) is 2.78. The van der Waals surface area contributed by atoms with Crippen LogP contribution in [0.5, 0.6) is 0 Å². The number of rotatable bonds is 4. The Balaban J connectivity index is 3.86. The number of nitrogens with two attached hydrogens (primary N) is 1. The lowest BCUT2D eigenvalue weighted by Gasteiger charge is -2.11. The molecule has 0 amide bonds. The van der Waals surface area contributed by atoms with E-state index >= 15 is 0 Å². The predicted octanol–water partition coefficient (Wildman–Crippen LogP) is 0.580. The maximum atomic E-state index is 5.22. The summed E-state index contributed by atoms with van der Waals surface area (Å²) in [6.45, 7) is 9.12. The standard InChI is InChI=1S/C9H14N2/c1-3-7-11(8-4-2)9-5-6-10/h3-4H,1-2,6-8,10H2. The average Bonchev–Trinajstić information content (AvgIpc) is 2.01. The molecule has 0 aromatic rings. The van der Waals surface area contributed by atoms with Gasteiger partial charge in [0.1, 0.15) is 0 Å². The van der Waals surface area contributed by atoms with Crippen molar-refractivity contribution in [2.75, 3.05) is 19.6 Å². The molecule has 0 aliphatic rings. The molecule has 60 valence electrons. The summed E-state index contributed by atoms with van der Waals surface area (Å²) < 4.78 is 0. The molecule has 0 aromatic heterocycles. The van der Waals surface area contributed by atoms with E-state index in [0.29, 0.717) is 6.54 Å². The van der Waals surface area contributed by atoms with E-state index < -0.39 is 0 Å². The van der Waals surface area contributed by atoms with Crippen LogP contribution in [0.3, 0.4) is 0 Å². The topological polar surface area (TPSA) is 29.3 Å². The van der Waals surface area contributed by atoms with Crippen molar-refractivity contribution in [3.05, 3.63) is 25.3 Å². The van der Waals surface area contributed by atoms with Gasteiger partial charge in [0, 0.05) is 19.1 Å². The van der Waals surface area contributed by atoms with Gasteiger partial charge in [0.25, 0.3) is 0 Å². The normalized spacial score (nSPS) is 7.73. The minimum Gasteiger partial charge on any atom is -0.325 e. The SMILES string of the molecule is C=CCN(C#CCN)CC=C. The number of hydrogen-bond donors (Lipinski definition) is 1. The van der Waals surface area contributed by atoms with Gasteiger partial charge >= 0.3 is 0 Å². The van der Waals surface area contributed by atoms with Crippen LogP contribution < -0.4 is 5.73 Å². The largest absolute Gasteiger partial charge is 0.325 e. The predicted molar refractivity (Wildman–Crippen MR) is 48.8 cm³/mol. The van der Waals surface area contributed by atoms with Gasteiger partial charge in [-0.25, -0.2) is 0 Å². The van der Waals surface area contributed by atoms with E-state index in [0.717, 1.165) is 13.1 Å². The zero-order valence-electron chi connectivity index (χ0n) is 6.71. The van der Waals surface area contributed by atoms with E-state index in [1.807, 2.05) is 4.90 Å². The van der Waals surface area contributed by atoms with Crippen LogP contribution >= 0.6 is 0 Å². The highest BCUT2D eigenvalue weighted by molar-refractivity contribution is 5.02. The van der Waals surface area contributed by atoms with Crippen LogP contribution in [0.4, 0.5) is 0 Å². The molecule has 2 nitrogen and oxygen atoms in total. The molecule has 0 heterocycles.